The Morgan fingerprint density at radius 3 is 2.62 bits per heavy atom. The van der Waals surface area contributed by atoms with Gasteiger partial charge in [-0.3, -0.25) is 4.99 Å². The van der Waals surface area contributed by atoms with E-state index in [4.69, 9.17) is 0 Å². The molecule has 0 aliphatic heterocycles. The fourth-order valence-corrected chi connectivity index (χ4v) is 2.89. The van der Waals surface area contributed by atoms with E-state index in [2.05, 4.69) is 63.3 Å². The molecule has 0 saturated carbocycles. The van der Waals surface area contributed by atoms with Crippen LogP contribution in [0, 0.1) is 5.92 Å². The molecule has 0 fully saturated rings. The van der Waals surface area contributed by atoms with Crippen molar-refractivity contribution in [1.29, 1.82) is 0 Å². The standard InChI is InChI=1S/C21H33N5/c1-18(2)9-7-8-13-24-21(22-3)25-14-12-20-23-15-16-26(20)17-19-10-5-4-6-11-19/h4-6,10-11,15-16,18H,7-9,12-14,17H2,1-3H3,(H2,22,24,25). The molecule has 142 valence electrons. The highest BCUT2D eigenvalue weighted by molar-refractivity contribution is 5.79. The van der Waals surface area contributed by atoms with Gasteiger partial charge in [0, 0.05) is 45.5 Å². The summed E-state index contributed by atoms with van der Waals surface area (Å²) in [6.07, 6.45) is 8.52. The number of unbranched alkanes of at least 4 members (excludes halogenated alkanes) is 1. The molecule has 1 heterocycles. The zero-order chi connectivity index (χ0) is 18.6. The minimum Gasteiger partial charge on any atom is -0.356 e. The average molecular weight is 356 g/mol. The number of benzene rings is 1. The summed E-state index contributed by atoms with van der Waals surface area (Å²) in [6, 6.07) is 10.5. The van der Waals surface area contributed by atoms with Gasteiger partial charge in [0.2, 0.25) is 0 Å². The number of nitrogens with zero attached hydrogens (tertiary/aromatic N) is 3. The molecule has 1 aromatic carbocycles. The number of rotatable bonds is 10. The van der Waals surface area contributed by atoms with Gasteiger partial charge in [0.15, 0.2) is 5.96 Å². The van der Waals surface area contributed by atoms with Gasteiger partial charge in [-0.2, -0.15) is 0 Å². The maximum Gasteiger partial charge on any atom is 0.190 e. The van der Waals surface area contributed by atoms with Crippen molar-refractivity contribution in [2.24, 2.45) is 10.9 Å². The average Bonchev–Trinajstić information content (AvgIpc) is 3.07. The first kappa shape index (κ1) is 20.0. The van der Waals surface area contributed by atoms with E-state index in [-0.39, 0.29) is 0 Å². The Morgan fingerprint density at radius 1 is 1.12 bits per heavy atom. The highest BCUT2D eigenvalue weighted by Gasteiger charge is 2.04. The number of guanidine groups is 1. The van der Waals surface area contributed by atoms with E-state index in [0.29, 0.717) is 0 Å². The third-order valence-electron chi connectivity index (χ3n) is 4.36. The second-order valence-corrected chi connectivity index (χ2v) is 7.02. The van der Waals surface area contributed by atoms with Crippen LogP contribution in [-0.2, 0) is 13.0 Å². The van der Waals surface area contributed by atoms with Gasteiger partial charge in [0.1, 0.15) is 5.82 Å². The van der Waals surface area contributed by atoms with Crippen molar-refractivity contribution in [3.8, 4) is 0 Å². The summed E-state index contributed by atoms with van der Waals surface area (Å²) < 4.78 is 2.21. The van der Waals surface area contributed by atoms with Gasteiger partial charge in [0.05, 0.1) is 0 Å². The molecule has 0 aliphatic carbocycles. The molecule has 0 aliphatic rings. The lowest BCUT2D eigenvalue weighted by atomic mass is 10.1. The highest BCUT2D eigenvalue weighted by atomic mass is 15.2. The van der Waals surface area contributed by atoms with Gasteiger partial charge in [-0.1, -0.05) is 57.0 Å². The summed E-state index contributed by atoms with van der Waals surface area (Å²) in [4.78, 5) is 8.80. The Balaban J connectivity index is 1.71. The molecule has 0 amide bonds. The van der Waals surface area contributed by atoms with Crippen LogP contribution >= 0.6 is 0 Å². The Morgan fingerprint density at radius 2 is 1.88 bits per heavy atom. The zero-order valence-electron chi connectivity index (χ0n) is 16.4. The number of aromatic nitrogens is 2. The summed E-state index contributed by atoms with van der Waals surface area (Å²) in [5.41, 5.74) is 1.29. The topological polar surface area (TPSA) is 54.2 Å². The van der Waals surface area contributed by atoms with Gasteiger partial charge in [-0.05, 0) is 17.9 Å². The fourth-order valence-electron chi connectivity index (χ4n) is 2.89. The summed E-state index contributed by atoms with van der Waals surface area (Å²) in [5.74, 6) is 2.75. The maximum atomic E-state index is 4.50. The van der Waals surface area contributed by atoms with Crippen molar-refractivity contribution in [3.05, 3.63) is 54.1 Å². The molecule has 0 spiro atoms. The summed E-state index contributed by atoms with van der Waals surface area (Å²) in [6.45, 7) is 7.19. The Bertz CT molecular complexity index is 645. The molecular weight excluding hydrogens is 322 g/mol. The third-order valence-corrected chi connectivity index (χ3v) is 4.36. The summed E-state index contributed by atoms with van der Waals surface area (Å²) in [5, 5.41) is 6.77. The largest absolute Gasteiger partial charge is 0.356 e. The third kappa shape index (κ3) is 7.30. The van der Waals surface area contributed by atoms with Crippen molar-refractivity contribution in [2.75, 3.05) is 20.1 Å². The number of imidazole rings is 1. The van der Waals surface area contributed by atoms with Crippen LogP contribution < -0.4 is 10.6 Å². The molecule has 0 bridgehead atoms. The molecule has 5 nitrogen and oxygen atoms in total. The lowest BCUT2D eigenvalue weighted by Crippen LogP contribution is -2.39. The van der Waals surface area contributed by atoms with Gasteiger partial charge in [0.25, 0.3) is 0 Å². The molecule has 2 N–H and O–H groups in total. The zero-order valence-corrected chi connectivity index (χ0v) is 16.4. The van der Waals surface area contributed by atoms with E-state index < -0.39 is 0 Å². The van der Waals surface area contributed by atoms with Gasteiger partial charge in [-0.15, -0.1) is 0 Å². The number of hydrogen-bond donors (Lipinski definition) is 2. The van der Waals surface area contributed by atoms with E-state index in [1.807, 2.05) is 25.5 Å². The van der Waals surface area contributed by atoms with E-state index >= 15 is 0 Å². The van der Waals surface area contributed by atoms with Crippen molar-refractivity contribution in [2.45, 2.75) is 46.1 Å². The van der Waals surface area contributed by atoms with Gasteiger partial charge >= 0.3 is 0 Å². The molecule has 0 saturated heterocycles. The van der Waals surface area contributed by atoms with Crippen molar-refractivity contribution in [3.63, 3.8) is 0 Å². The molecule has 5 heteroatoms. The lowest BCUT2D eigenvalue weighted by Gasteiger charge is -2.13. The SMILES string of the molecule is CN=C(NCCCCC(C)C)NCCc1nccn1Cc1ccccc1. The summed E-state index contributed by atoms with van der Waals surface area (Å²) >= 11 is 0. The second kappa shape index (κ2) is 11.3. The van der Waals surface area contributed by atoms with Crippen LogP contribution in [0.1, 0.15) is 44.5 Å². The van der Waals surface area contributed by atoms with E-state index in [9.17, 15) is 0 Å². The fraction of sp³-hybridized carbons (Fsp3) is 0.524. The molecule has 0 unspecified atom stereocenters. The maximum absolute atomic E-state index is 4.50. The van der Waals surface area contributed by atoms with Crippen LogP contribution in [0.5, 0.6) is 0 Å². The predicted molar refractivity (Wildman–Crippen MR) is 110 cm³/mol. The molecule has 0 radical (unpaired) electrons. The highest BCUT2D eigenvalue weighted by Crippen LogP contribution is 2.06. The summed E-state index contributed by atoms with van der Waals surface area (Å²) in [7, 11) is 1.82. The lowest BCUT2D eigenvalue weighted by molar-refractivity contribution is 0.534. The molecular formula is C21H33N5. The van der Waals surface area contributed by atoms with Crippen LogP contribution in [0.3, 0.4) is 0 Å². The van der Waals surface area contributed by atoms with Gasteiger partial charge in [-0.25, -0.2) is 4.98 Å². The minimum absolute atomic E-state index is 0.784. The minimum atomic E-state index is 0.784. The first-order valence-electron chi connectivity index (χ1n) is 9.67. The van der Waals surface area contributed by atoms with E-state index in [1.165, 1.54) is 24.8 Å². The smallest absolute Gasteiger partial charge is 0.190 e. The normalized spacial score (nSPS) is 11.8. The Hall–Kier alpha value is -2.30. The number of aliphatic imine (C=N–C) groups is 1. The first-order chi connectivity index (χ1) is 12.7. The van der Waals surface area contributed by atoms with Gasteiger partial charge < -0.3 is 15.2 Å². The van der Waals surface area contributed by atoms with Crippen LogP contribution in [0.15, 0.2) is 47.7 Å². The van der Waals surface area contributed by atoms with Crippen molar-refractivity contribution in [1.82, 2.24) is 20.2 Å². The molecule has 2 rings (SSSR count). The molecule has 1 aromatic heterocycles. The van der Waals surface area contributed by atoms with E-state index in [0.717, 1.165) is 43.8 Å². The van der Waals surface area contributed by atoms with Crippen LogP contribution in [0.4, 0.5) is 0 Å². The quantitative estimate of drug-likeness (QED) is 0.390. The Labute approximate surface area is 158 Å². The van der Waals surface area contributed by atoms with Crippen LogP contribution in [0.25, 0.3) is 0 Å². The number of nitrogens with one attached hydrogen (secondary N) is 2. The van der Waals surface area contributed by atoms with E-state index in [1.54, 1.807) is 0 Å². The van der Waals surface area contributed by atoms with Crippen LogP contribution in [0.2, 0.25) is 0 Å². The monoisotopic (exact) mass is 355 g/mol. The van der Waals surface area contributed by atoms with Crippen LogP contribution in [-0.4, -0.2) is 35.6 Å². The molecule has 0 atom stereocenters. The number of hydrogen-bond acceptors (Lipinski definition) is 2. The predicted octanol–water partition coefficient (Wildman–Crippen LogP) is 3.47. The van der Waals surface area contributed by atoms with Crippen molar-refractivity contribution < 1.29 is 0 Å². The molecule has 2 aromatic rings. The first-order valence-corrected chi connectivity index (χ1v) is 9.67. The van der Waals surface area contributed by atoms with Crippen molar-refractivity contribution >= 4 is 5.96 Å². The second-order valence-electron chi connectivity index (χ2n) is 7.02. The Kier molecular flexibility index (Phi) is 8.73. The molecule has 26 heavy (non-hydrogen) atoms.